The van der Waals surface area contributed by atoms with E-state index in [9.17, 15) is 18.8 Å². The smallest absolute Gasteiger partial charge is 0.276 e. The molecule has 4 rings (SSSR count). The Kier molecular flexibility index (Phi) is 8.52. The Morgan fingerprint density at radius 2 is 1.78 bits per heavy atom. The van der Waals surface area contributed by atoms with Crippen LogP contribution in [0.25, 0.3) is 0 Å². The maximum atomic E-state index is 13.2. The molecule has 1 fully saturated rings. The molecule has 11 heteroatoms. The number of rotatable bonds is 8. The molecule has 194 valence electrons. The summed E-state index contributed by atoms with van der Waals surface area (Å²) in [7, 11) is 0. The number of aromatic amines is 1. The molecular formula is C26H28ClFN6O3. The summed E-state index contributed by atoms with van der Waals surface area (Å²) in [6.45, 7) is 5.51. The molecule has 37 heavy (non-hydrogen) atoms. The van der Waals surface area contributed by atoms with Crippen molar-refractivity contribution in [2.45, 2.75) is 19.8 Å². The quantitative estimate of drug-likeness (QED) is 0.351. The average Bonchev–Trinajstić information content (AvgIpc) is 3.36. The Balaban J connectivity index is 1.31. The van der Waals surface area contributed by atoms with E-state index in [0.29, 0.717) is 23.8 Å². The fourth-order valence-electron chi connectivity index (χ4n) is 4.24. The van der Waals surface area contributed by atoms with Gasteiger partial charge in [-0.3, -0.25) is 14.4 Å². The Morgan fingerprint density at radius 1 is 1.08 bits per heavy atom. The molecule has 4 N–H and O–H groups in total. The van der Waals surface area contributed by atoms with Crippen LogP contribution in [0.15, 0.2) is 48.8 Å². The number of hydrogen-bond acceptors (Lipinski definition) is 5. The molecule has 1 atom stereocenters. The molecule has 0 unspecified atom stereocenters. The molecule has 1 aliphatic heterocycles. The number of nitrogens with one attached hydrogen (secondary N) is 4. The van der Waals surface area contributed by atoms with Crippen LogP contribution in [0.3, 0.4) is 0 Å². The monoisotopic (exact) mass is 526 g/mol. The third-order valence-electron chi connectivity index (χ3n) is 6.11. The number of hydrogen-bond donors (Lipinski definition) is 4. The number of piperidine rings is 1. The van der Waals surface area contributed by atoms with Crippen molar-refractivity contribution in [2.24, 2.45) is 5.92 Å². The zero-order valence-electron chi connectivity index (χ0n) is 20.3. The zero-order valence-corrected chi connectivity index (χ0v) is 21.1. The SMILES string of the molecule is C[C@@H]1CCCN(CCNC(=O)c2[nH]cnc2C(=O)Nc2ccc(NC(=O)c3ccc(F)cc3Cl)cc2)C1. The van der Waals surface area contributed by atoms with E-state index in [1.165, 1.54) is 18.8 Å². The molecule has 0 bridgehead atoms. The Bertz CT molecular complexity index is 1280. The Morgan fingerprint density at radius 3 is 2.46 bits per heavy atom. The van der Waals surface area contributed by atoms with Gasteiger partial charge < -0.3 is 25.8 Å². The van der Waals surface area contributed by atoms with E-state index >= 15 is 0 Å². The average molecular weight is 527 g/mol. The number of H-pyrrole nitrogens is 1. The summed E-state index contributed by atoms with van der Waals surface area (Å²) in [5.41, 5.74) is 1.09. The van der Waals surface area contributed by atoms with Crippen LogP contribution in [0.5, 0.6) is 0 Å². The predicted octanol–water partition coefficient (Wildman–Crippen LogP) is 4.17. The summed E-state index contributed by atoms with van der Waals surface area (Å²) in [4.78, 5) is 46.9. The van der Waals surface area contributed by atoms with Crippen LogP contribution in [0.1, 0.15) is 51.1 Å². The van der Waals surface area contributed by atoms with Crippen molar-refractivity contribution in [2.75, 3.05) is 36.8 Å². The molecular weight excluding hydrogens is 499 g/mol. The number of carbonyl (C=O) groups is 3. The highest BCUT2D eigenvalue weighted by Gasteiger charge is 2.21. The first-order valence-corrected chi connectivity index (χ1v) is 12.4. The van der Waals surface area contributed by atoms with Gasteiger partial charge in [0.05, 0.1) is 16.9 Å². The maximum Gasteiger partial charge on any atom is 0.276 e. The molecule has 9 nitrogen and oxygen atoms in total. The number of benzene rings is 2. The van der Waals surface area contributed by atoms with E-state index in [2.05, 4.69) is 37.7 Å². The summed E-state index contributed by atoms with van der Waals surface area (Å²) < 4.78 is 13.2. The number of anilines is 2. The van der Waals surface area contributed by atoms with Crippen molar-refractivity contribution in [3.8, 4) is 0 Å². The van der Waals surface area contributed by atoms with Crippen molar-refractivity contribution in [1.82, 2.24) is 20.2 Å². The third-order valence-corrected chi connectivity index (χ3v) is 6.43. The lowest BCUT2D eigenvalue weighted by Gasteiger charge is -2.30. The van der Waals surface area contributed by atoms with E-state index in [4.69, 9.17) is 11.6 Å². The van der Waals surface area contributed by atoms with Gasteiger partial charge in [0.2, 0.25) is 0 Å². The molecule has 2 aromatic carbocycles. The van der Waals surface area contributed by atoms with Gasteiger partial charge in [0.25, 0.3) is 17.7 Å². The number of imidazole rings is 1. The third kappa shape index (κ3) is 6.93. The van der Waals surface area contributed by atoms with Crippen LogP contribution in [-0.2, 0) is 0 Å². The second-order valence-corrected chi connectivity index (χ2v) is 9.45. The second kappa shape index (κ2) is 12.0. The summed E-state index contributed by atoms with van der Waals surface area (Å²) in [5.74, 6) is -1.32. The van der Waals surface area contributed by atoms with E-state index in [-0.39, 0.29) is 22.0 Å². The first-order chi connectivity index (χ1) is 17.8. The number of halogens is 2. The molecule has 1 aliphatic rings. The predicted molar refractivity (Wildman–Crippen MR) is 140 cm³/mol. The van der Waals surface area contributed by atoms with Gasteiger partial charge in [-0.15, -0.1) is 0 Å². The molecule has 0 radical (unpaired) electrons. The van der Waals surface area contributed by atoms with E-state index in [1.54, 1.807) is 24.3 Å². The highest BCUT2D eigenvalue weighted by atomic mass is 35.5. The Hall–Kier alpha value is -3.76. The van der Waals surface area contributed by atoms with Crippen molar-refractivity contribution < 1.29 is 18.8 Å². The minimum Gasteiger partial charge on any atom is -0.349 e. The van der Waals surface area contributed by atoms with Crippen LogP contribution in [-0.4, -0.2) is 58.8 Å². The molecule has 1 saturated heterocycles. The highest BCUT2D eigenvalue weighted by molar-refractivity contribution is 6.34. The van der Waals surface area contributed by atoms with Gasteiger partial charge in [0.15, 0.2) is 5.69 Å². The van der Waals surface area contributed by atoms with Gasteiger partial charge in [-0.1, -0.05) is 18.5 Å². The van der Waals surface area contributed by atoms with Gasteiger partial charge in [-0.2, -0.15) is 0 Å². The standard InChI is InChI=1S/C26H28ClFN6O3/c1-16-3-2-11-34(14-16)12-10-29-25(36)22-23(31-15-30-22)26(37)33-19-7-5-18(6-8-19)32-24(35)20-9-4-17(28)13-21(20)27/h4-9,13,15-16H,2-3,10-12,14H2,1H3,(H,29,36)(H,30,31)(H,32,35)(H,33,37)/t16-/m1/s1. The first kappa shape index (κ1) is 26.3. The van der Waals surface area contributed by atoms with E-state index in [0.717, 1.165) is 38.2 Å². The number of amides is 3. The minimum absolute atomic E-state index is 0.00122. The fraction of sp³-hybridized carbons (Fsp3) is 0.308. The van der Waals surface area contributed by atoms with Crippen molar-refractivity contribution in [3.63, 3.8) is 0 Å². The van der Waals surface area contributed by atoms with Gasteiger partial charge in [-0.05, 0) is 67.8 Å². The number of likely N-dealkylation sites (tertiary alicyclic amines) is 1. The number of carbonyl (C=O) groups excluding carboxylic acids is 3. The maximum absolute atomic E-state index is 13.2. The van der Waals surface area contributed by atoms with Crippen LogP contribution >= 0.6 is 11.6 Å². The highest BCUT2D eigenvalue weighted by Crippen LogP contribution is 2.20. The normalized spacial score (nSPS) is 15.7. The van der Waals surface area contributed by atoms with Crippen LogP contribution in [0.2, 0.25) is 5.02 Å². The van der Waals surface area contributed by atoms with Gasteiger partial charge in [0.1, 0.15) is 11.5 Å². The molecule has 0 saturated carbocycles. The minimum atomic E-state index is -0.550. The summed E-state index contributed by atoms with van der Waals surface area (Å²) in [6, 6.07) is 9.87. The van der Waals surface area contributed by atoms with Crippen LogP contribution < -0.4 is 16.0 Å². The topological polar surface area (TPSA) is 119 Å². The molecule has 0 aliphatic carbocycles. The second-order valence-electron chi connectivity index (χ2n) is 9.04. The lowest BCUT2D eigenvalue weighted by molar-refractivity contribution is 0.0926. The lowest BCUT2D eigenvalue weighted by Crippen LogP contribution is -2.40. The summed E-state index contributed by atoms with van der Waals surface area (Å²) in [6.07, 6.45) is 3.70. The first-order valence-electron chi connectivity index (χ1n) is 12.0. The zero-order chi connectivity index (χ0) is 26.4. The largest absolute Gasteiger partial charge is 0.349 e. The van der Waals surface area contributed by atoms with Gasteiger partial charge in [-0.25, -0.2) is 9.37 Å². The number of nitrogens with zero attached hydrogens (tertiary/aromatic N) is 2. The van der Waals surface area contributed by atoms with Crippen molar-refractivity contribution in [1.29, 1.82) is 0 Å². The van der Waals surface area contributed by atoms with Crippen LogP contribution in [0.4, 0.5) is 15.8 Å². The molecule has 3 aromatic rings. The van der Waals surface area contributed by atoms with Crippen LogP contribution in [0, 0.1) is 11.7 Å². The molecule has 2 heterocycles. The van der Waals surface area contributed by atoms with E-state index < -0.39 is 23.5 Å². The fourth-order valence-corrected chi connectivity index (χ4v) is 4.50. The van der Waals surface area contributed by atoms with E-state index in [1.807, 2.05) is 0 Å². The van der Waals surface area contributed by atoms with Crippen molar-refractivity contribution >= 4 is 40.7 Å². The molecule has 1 aromatic heterocycles. The summed E-state index contributed by atoms with van der Waals surface area (Å²) in [5, 5.41) is 8.21. The molecule has 3 amide bonds. The molecule has 0 spiro atoms. The van der Waals surface area contributed by atoms with Gasteiger partial charge >= 0.3 is 0 Å². The Labute approximate surface area is 218 Å². The summed E-state index contributed by atoms with van der Waals surface area (Å²) >= 11 is 5.94. The van der Waals surface area contributed by atoms with Gasteiger partial charge in [0, 0.05) is 31.0 Å². The lowest BCUT2D eigenvalue weighted by atomic mass is 10.0. The van der Waals surface area contributed by atoms with Crippen molar-refractivity contribution in [3.05, 3.63) is 76.6 Å². The number of aromatic nitrogens is 2.